The number of amides is 1. The molecular formula is C35H55NO9. The van der Waals surface area contributed by atoms with Crippen LogP contribution in [0.15, 0.2) is 0 Å². The number of fused-ring (bicyclic) bond motifs is 4. The molecule has 8 aliphatic heterocycles. The van der Waals surface area contributed by atoms with E-state index in [9.17, 15) is 4.79 Å². The Hall–Kier alpha value is -0.850. The van der Waals surface area contributed by atoms with E-state index in [4.69, 9.17) is 38.5 Å². The largest absolute Gasteiger partial charge is 0.356 e. The summed E-state index contributed by atoms with van der Waals surface area (Å²) in [5.41, 5.74) is -1.11. The van der Waals surface area contributed by atoms with Crippen LogP contribution in [0.5, 0.6) is 0 Å². The van der Waals surface area contributed by atoms with Crippen molar-refractivity contribution in [1.82, 2.24) is 5.32 Å². The van der Waals surface area contributed by atoms with Gasteiger partial charge in [-0.3, -0.25) is 4.79 Å². The van der Waals surface area contributed by atoms with E-state index in [0.29, 0.717) is 49.0 Å². The Kier molecular flexibility index (Phi) is 7.74. The van der Waals surface area contributed by atoms with Gasteiger partial charge in [0.15, 0.2) is 23.8 Å². The molecule has 2 spiro atoms. The molecule has 2 saturated carbocycles. The van der Waals surface area contributed by atoms with Crippen LogP contribution < -0.4 is 5.32 Å². The third-order valence-corrected chi connectivity index (χ3v) is 14.0. The maximum atomic E-state index is 13.2. The van der Waals surface area contributed by atoms with Gasteiger partial charge in [0.25, 0.3) is 0 Å². The van der Waals surface area contributed by atoms with E-state index >= 15 is 0 Å². The van der Waals surface area contributed by atoms with Crippen LogP contribution in [0.2, 0.25) is 0 Å². The van der Waals surface area contributed by atoms with E-state index in [1.54, 1.807) is 0 Å². The molecule has 45 heavy (non-hydrogen) atoms. The van der Waals surface area contributed by atoms with Crippen LogP contribution >= 0.6 is 0 Å². The van der Waals surface area contributed by atoms with Gasteiger partial charge in [0, 0.05) is 37.6 Å². The van der Waals surface area contributed by atoms with E-state index < -0.39 is 35.4 Å². The van der Waals surface area contributed by atoms with Crippen LogP contribution in [-0.2, 0) is 43.3 Å². The van der Waals surface area contributed by atoms with Crippen LogP contribution in [0, 0.1) is 47.3 Å². The minimum Gasteiger partial charge on any atom is -0.356 e. The Bertz CT molecular complexity index is 1160. The van der Waals surface area contributed by atoms with Gasteiger partial charge >= 0.3 is 0 Å². The van der Waals surface area contributed by atoms with Gasteiger partial charge in [-0.25, -0.2) is 19.6 Å². The van der Waals surface area contributed by atoms with Gasteiger partial charge in [0.1, 0.15) is 0 Å². The molecule has 10 nitrogen and oxygen atoms in total. The number of nitrogens with one attached hydrogen (secondary N) is 1. The molecule has 0 aromatic heterocycles. The van der Waals surface area contributed by atoms with Crippen LogP contribution in [0.3, 0.4) is 0 Å². The van der Waals surface area contributed by atoms with Crippen molar-refractivity contribution in [3.05, 3.63) is 0 Å². The van der Waals surface area contributed by atoms with E-state index in [0.717, 1.165) is 44.9 Å². The van der Waals surface area contributed by atoms with Crippen LogP contribution in [0.1, 0.15) is 112 Å². The SMILES string of the molecule is C[C@H]1[C@@H](CCNC(=O)CC[C@H]2O[C@@H]3OC4(C)CC[C@H]5[C@H](C)CC[C@@H]([C@H]2C)[C@@]35OO4)O[C@@H]2OC3(C)CC[C@H]4[C@H](C)CC[C@@H]1[C@@]24OO3. The summed E-state index contributed by atoms with van der Waals surface area (Å²) in [6, 6.07) is 0. The molecule has 2 unspecified atom stereocenters. The Labute approximate surface area is 268 Å². The van der Waals surface area contributed by atoms with Crippen molar-refractivity contribution in [2.24, 2.45) is 47.3 Å². The quantitative estimate of drug-likeness (QED) is 0.365. The highest BCUT2D eigenvalue weighted by molar-refractivity contribution is 5.75. The van der Waals surface area contributed by atoms with Gasteiger partial charge < -0.3 is 24.3 Å². The van der Waals surface area contributed by atoms with E-state index in [1.165, 1.54) is 12.8 Å². The first-order valence-electron chi connectivity index (χ1n) is 18.1. The fourth-order valence-electron chi connectivity index (χ4n) is 11.3. The molecule has 0 aromatic carbocycles. The summed E-state index contributed by atoms with van der Waals surface area (Å²) in [5, 5.41) is 3.19. The summed E-state index contributed by atoms with van der Waals surface area (Å²) in [6.45, 7) is 13.7. The second-order valence-corrected chi connectivity index (χ2v) is 16.6. The molecule has 16 atom stereocenters. The van der Waals surface area contributed by atoms with Gasteiger partial charge in [0.05, 0.1) is 12.2 Å². The third-order valence-electron chi connectivity index (χ3n) is 14.0. The zero-order chi connectivity index (χ0) is 31.4. The molecule has 10 heteroatoms. The highest BCUT2D eigenvalue weighted by Gasteiger charge is 2.70. The molecule has 1 amide bonds. The number of carbonyl (C=O) groups is 1. The van der Waals surface area contributed by atoms with E-state index in [2.05, 4.69) is 33.0 Å². The van der Waals surface area contributed by atoms with Gasteiger partial charge in [-0.1, -0.05) is 27.7 Å². The summed E-state index contributed by atoms with van der Waals surface area (Å²) >= 11 is 0. The lowest BCUT2D eigenvalue weighted by Crippen LogP contribution is -2.70. The first-order chi connectivity index (χ1) is 21.5. The molecular weight excluding hydrogens is 578 g/mol. The maximum Gasteiger partial charge on any atom is 0.220 e. The van der Waals surface area contributed by atoms with Crippen molar-refractivity contribution in [2.45, 2.75) is 160 Å². The summed E-state index contributed by atoms with van der Waals surface area (Å²) in [6.07, 6.45) is 8.98. The van der Waals surface area contributed by atoms with Crippen molar-refractivity contribution < 1.29 is 43.3 Å². The van der Waals surface area contributed by atoms with Crippen molar-refractivity contribution in [3.8, 4) is 0 Å². The van der Waals surface area contributed by atoms with Gasteiger partial charge in [-0.15, -0.1) is 0 Å². The first-order valence-corrected chi connectivity index (χ1v) is 18.1. The van der Waals surface area contributed by atoms with Crippen molar-refractivity contribution in [3.63, 3.8) is 0 Å². The topological polar surface area (TPSA) is 103 Å². The molecule has 2 aliphatic carbocycles. The predicted octanol–water partition coefficient (Wildman–Crippen LogP) is 5.77. The Balaban J connectivity index is 0.880. The van der Waals surface area contributed by atoms with Crippen LogP contribution in [0.4, 0.5) is 0 Å². The second kappa shape index (κ2) is 11.1. The van der Waals surface area contributed by atoms with E-state index in [-0.39, 0.29) is 35.9 Å². The summed E-state index contributed by atoms with van der Waals surface area (Å²) < 4.78 is 26.4. The lowest BCUT2D eigenvalue weighted by Gasteiger charge is -2.60. The average molecular weight is 634 g/mol. The lowest BCUT2D eigenvalue weighted by molar-refractivity contribution is -0.571. The minimum atomic E-state index is -0.785. The lowest BCUT2D eigenvalue weighted by atomic mass is 9.57. The Morgan fingerprint density at radius 1 is 0.644 bits per heavy atom. The molecule has 8 saturated heterocycles. The molecule has 254 valence electrons. The molecule has 0 aromatic rings. The second-order valence-electron chi connectivity index (χ2n) is 16.6. The normalized spacial score (nSPS) is 56.5. The Morgan fingerprint density at radius 2 is 1.13 bits per heavy atom. The molecule has 1 N–H and O–H groups in total. The monoisotopic (exact) mass is 633 g/mol. The number of hydrogen-bond donors (Lipinski definition) is 1. The molecule has 0 radical (unpaired) electrons. The standard InChI is InChI=1S/C35H55NO9/c1-19-7-9-25-21(3)27(38-30-34(25)23(19)13-16-32(5,40-30)42-44-34)11-12-29(37)36-18-15-28-22(4)26-10-8-20(2)24-14-17-33(6)41-31(39-28)35(24,26)45-43-33/h19-28,30-31H,7-18H2,1-6H3,(H,36,37)/t19-,20-,21-,22-,23+,24+,25+,26+,27-,28-,30-,31-,32?,33?,34-,35-/m1/s1. The van der Waals surface area contributed by atoms with Crippen LogP contribution in [0.25, 0.3) is 0 Å². The van der Waals surface area contributed by atoms with Crippen molar-refractivity contribution >= 4 is 5.91 Å². The average Bonchev–Trinajstić information content (AvgIpc) is 3.38. The summed E-state index contributed by atoms with van der Waals surface area (Å²) in [5.74, 6) is 1.37. The minimum absolute atomic E-state index is 0.0162. The van der Waals surface area contributed by atoms with E-state index in [1.807, 2.05) is 13.8 Å². The Morgan fingerprint density at radius 3 is 1.64 bits per heavy atom. The van der Waals surface area contributed by atoms with Gasteiger partial charge in [-0.05, 0) is 101 Å². The van der Waals surface area contributed by atoms with Gasteiger partial charge in [0.2, 0.25) is 17.5 Å². The molecule has 10 fully saturated rings. The third kappa shape index (κ3) is 4.74. The molecule has 10 rings (SSSR count). The maximum absolute atomic E-state index is 13.2. The predicted molar refractivity (Wildman–Crippen MR) is 161 cm³/mol. The summed E-state index contributed by atoms with van der Waals surface area (Å²) in [7, 11) is 0. The number of carbonyl (C=O) groups excluding carboxylic acids is 1. The fourth-order valence-corrected chi connectivity index (χ4v) is 11.3. The molecule has 8 heterocycles. The number of rotatable bonds is 6. The first kappa shape index (κ1) is 31.4. The van der Waals surface area contributed by atoms with Crippen molar-refractivity contribution in [2.75, 3.05) is 6.54 Å². The number of hydrogen-bond acceptors (Lipinski definition) is 9. The smallest absolute Gasteiger partial charge is 0.220 e. The molecule has 10 aliphatic rings. The van der Waals surface area contributed by atoms with Gasteiger partial charge in [-0.2, -0.15) is 0 Å². The van der Waals surface area contributed by atoms with Crippen molar-refractivity contribution in [1.29, 1.82) is 0 Å². The number of ether oxygens (including phenoxy) is 4. The zero-order valence-electron chi connectivity index (χ0n) is 28.1. The highest BCUT2D eigenvalue weighted by atomic mass is 17.3. The highest BCUT2D eigenvalue weighted by Crippen LogP contribution is 2.62. The molecule has 4 bridgehead atoms. The fraction of sp³-hybridized carbons (Fsp3) is 0.971. The van der Waals surface area contributed by atoms with Crippen LogP contribution in [-0.4, -0.2) is 60.0 Å². The zero-order valence-corrected chi connectivity index (χ0v) is 28.1. The summed E-state index contributed by atoms with van der Waals surface area (Å²) in [4.78, 5) is 37.6.